The van der Waals surface area contributed by atoms with E-state index in [-0.39, 0.29) is 12.3 Å². The molecule has 156 valence electrons. The van der Waals surface area contributed by atoms with Crippen molar-refractivity contribution in [2.24, 2.45) is 0 Å². The largest absolute Gasteiger partial charge is 0.489 e. The lowest BCUT2D eigenvalue weighted by Gasteiger charge is -2.09. The summed E-state index contributed by atoms with van der Waals surface area (Å²) < 4.78 is 20.6. The molecule has 0 atom stereocenters. The lowest BCUT2D eigenvalue weighted by Crippen LogP contribution is -2.14. The van der Waals surface area contributed by atoms with Gasteiger partial charge in [-0.2, -0.15) is 0 Å². The summed E-state index contributed by atoms with van der Waals surface area (Å²) in [5.41, 5.74) is 2.98. The number of carboxylic acid groups (broad SMARTS) is 1. The number of carbonyl (C=O) groups excluding carboxylic acids is 1. The number of benzene rings is 3. The van der Waals surface area contributed by atoms with E-state index in [1.807, 2.05) is 30.3 Å². The summed E-state index contributed by atoms with van der Waals surface area (Å²) in [4.78, 5) is 24.6. The van der Waals surface area contributed by atoms with Crippen molar-refractivity contribution in [2.45, 2.75) is 20.0 Å². The topological polar surface area (TPSA) is 68.5 Å². The molecule has 1 heterocycles. The van der Waals surface area contributed by atoms with Gasteiger partial charge in [0.1, 0.15) is 18.2 Å². The van der Waals surface area contributed by atoms with Gasteiger partial charge in [-0.3, -0.25) is 14.2 Å². The Labute approximate surface area is 178 Å². The zero-order valence-electron chi connectivity index (χ0n) is 16.8. The number of halogens is 1. The molecule has 0 aliphatic heterocycles. The molecule has 0 aliphatic rings. The molecule has 5 nitrogen and oxygen atoms in total. The minimum atomic E-state index is -0.994. The first-order valence-electron chi connectivity index (χ1n) is 9.77. The number of carbonyl (C=O) groups is 2. The number of hydrogen-bond acceptors (Lipinski definition) is 3. The average Bonchev–Trinajstić information content (AvgIpc) is 3.03. The number of aliphatic carboxylic acids is 1. The standard InChI is InChI=1S/C25H20FNO4/c1-16-21(14-24(28)29)22-13-20(31-15-17-5-3-2-4-6-17)11-12-23(22)27(16)25(30)18-7-9-19(26)10-8-18/h2-13H,14-15H2,1H3,(H,28,29). The van der Waals surface area contributed by atoms with Crippen LogP contribution in [0.15, 0.2) is 72.8 Å². The van der Waals surface area contributed by atoms with E-state index in [9.17, 15) is 19.1 Å². The molecule has 0 unspecified atom stereocenters. The number of rotatable bonds is 6. The van der Waals surface area contributed by atoms with E-state index in [2.05, 4.69) is 0 Å². The highest BCUT2D eigenvalue weighted by Gasteiger charge is 2.22. The maximum Gasteiger partial charge on any atom is 0.307 e. The first kappa shape index (κ1) is 20.3. The molecule has 3 aromatic carbocycles. The van der Waals surface area contributed by atoms with E-state index in [0.29, 0.717) is 40.1 Å². The van der Waals surface area contributed by atoms with Crippen LogP contribution in [0.1, 0.15) is 27.2 Å². The van der Waals surface area contributed by atoms with Gasteiger partial charge in [0.2, 0.25) is 0 Å². The molecule has 4 rings (SSSR count). The van der Waals surface area contributed by atoms with Crippen molar-refractivity contribution in [3.8, 4) is 5.75 Å². The van der Waals surface area contributed by atoms with Crippen LogP contribution in [-0.4, -0.2) is 21.6 Å². The van der Waals surface area contributed by atoms with E-state index in [4.69, 9.17) is 4.74 Å². The molecule has 6 heteroatoms. The van der Waals surface area contributed by atoms with Gasteiger partial charge in [-0.25, -0.2) is 4.39 Å². The summed E-state index contributed by atoms with van der Waals surface area (Å²) in [5.74, 6) is -1.20. The van der Waals surface area contributed by atoms with Crippen LogP contribution in [0.4, 0.5) is 4.39 Å². The highest BCUT2D eigenvalue weighted by molar-refractivity contribution is 6.04. The Morgan fingerprint density at radius 2 is 1.71 bits per heavy atom. The smallest absolute Gasteiger partial charge is 0.307 e. The van der Waals surface area contributed by atoms with Crippen LogP contribution in [0.3, 0.4) is 0 Å². The number of carboxylic acids is 1. The Hall–Kier alpha value is -3.93. The first-order chi connectivity index (χ1) is 14.9. The van der Waals surface area contributed by atoms with Crippen LogP contribution >= 0.6 is 0 Å². The van der Waals surface area contributed by atoms with Crippen molar-refractivity contribution in [1.29, 1.82) is 0 Å². The Balaban J connectivity index is 1.76. The van der Waals surface area contributed by atoms with Gasteiger partial charge in [0, 0.05) is 16.6 Å². The molecule has 4 aromatic rings. The van der Waals surface area contributed by atoms with Crippen LogP contribution in [-0.2, 0) is 17.8 Å². The van der Waals surface area contributed by atoms with Crippen molar-refractivity contribution in [1.82, 2.24) is 4.57 Å². The van der Waals surface area contributed by atoms with E-state index in [1.165, 1.54) is 28.8 Å². The molecule has 31 heavy (non-hydrogen) atoms. The summed E-state index contributed by atoms with van der Waals surface area (Å²) in [7, 11) is 0. The highest BCUT2D eigenvalue weighted by Crippen LogP contribution is 2.31. The fourth-order valence-electron chi connectivity index (χ4n) is 3.65. The molecule has 0 bridgehead atoms. The zero-order valence-corrected chi connectivity index (χ0v) is 16.8. The second-order valence-electron chi connectivity index (χ2n) is 7.24. The van der Waals surface area contributed by atoms with E-state index in [0.717, 1.165) is 5.56 Å². The Kier molecular flexibility index (Phi) is 5.54. The summed E-state index contributed by atoms with van der Waals surface area (Å²) in [6, 6.07) is 20.2. The molecule has 0 fully saturated rings. The number of aromatic nitrogens is 1. The fraction of sp³-hybridized carbons (Fsp3) is 0.120. The zero-order chi connectivity index (χ0) is 22.0. The number of hydrogen-bond donors (Lipinski definition) is 1. The molecular weight excluding hydrogens is 397 g/mol. The van der Waals surface area contributed by atoms with Gasteiger partial charge >= 0.3 is 5.97 Å². The van der Waals surface area contributed by atoms with Crippen LogP contribution in [0.25, 0.3) is 10.9 Å². The summed E-state index contributed by atoms with van der Waals surface area (Å²) in [6.07, 6.45) is -0.228. The lowest BCUT2D eigenvalue weighted by atomic mass is 10.1. The molecule has 0 saturated carbocycles. The Morgan fingerprint density at radius 3 is 2.39 bits per heavy atom. The summed E-state index contributed by atoms with van der Waals surface area (Å²) >= 11 is 0. The van der Waals surface area contributed by atoms with Crippen molar-refractivity contribution in [2.75, 3.05) is 0 Å². The minimum absolute atomic E-state index is 0.228. The predicted octanol–water partition coefficient (Wildman–Crippen LogP) is 4.98. The van der Waals surface area contributed by atoms with Crippen molar-refractivity contribution in [3.05, 3.63) is 101 Å². The third-order valence-corrected chi connectivity index (χ3v) is 5.18. The molecule has 1 aromatic heterocycles. The summed E-state index contributed by atoms with van der Waals surface area (Å²) in [5, 5.41) is 10.0. The van der Waals surface area contributed by atoms with Crippen LogP contribution in [0.5, 0.6) is 5.75 Å². The quantitative estimate of drug-likeness (QED) is 0.480. The monoisotopic (exact) mass is 417 g/mol. The number of fused-ring (bicyclic) bond motifs is 1. The number of ether oxygens (including phenoxy) is 1. The SMILES string of the molecule is Cc1c(CC(=O)O)c2cc(OCc3ccccc3)ccc2n1C(=O)c1ccc(F)cc1. The van der Waals surface area contributed by atoms with E-state index in [1.54, 1.807) is 25.1 Å². The minimum Gasteiger partial charge on any atom is -0.489 e. The average molecular weight is 417 g/mol. The van der Waals surface area contributed by atoms with Gasteiger partial charge in [-0.1, -0.05) is 30.3 Å². The molecule has 0 radical (unpaired) electrons. The van der Waals surface area contributed by atoms with Crippen molar-refractivity contribution >= 4 is 22.8 Å². The van der Waals surface area contributed by atoms with Gasteiger partial charge in [-0.05, 0) is 60.5 Å². The van der Waals surface area contributed by atoms with Crippen molar-refractivity contribution < 1.29 is 23.8 Å². The van der Waals surface area contributed by atoms with Crippen LogP contribution < -0.4 is 4.74 Å². The van der Waals surface area contributed by atoms with Gasteiger partial charge in [0.05, 0.1) is 11.9 Å². The van der Waals surface area contributed by atoms with Gasteiger partial charge in [-0.15, -0.1) is 0 Å². The van der Waals surface area contributed by atoms with Gasteiger partial charge in [0.25, 0.3) is 5.91 Å². The molecule has 0 saturated heterocycles. The molecule has 1 N–H and O–H groups in total. The van der Waals surface area contributed by atoms with Crippen LogP contribution in [0, 0.1) is 12.7 Å². The maximum atomic E-state index is 13.3. The number of nitrogens with zero attached hydrogens (tertiary/aromatic N) is 1. The van der Waals surface area contributed by atoms with Crippen molar-refractivity contribution in [3.63, 3.8) is 0 Å². The van der Waals surface area contributed by atoms with Gasteiger partial charge in [0.15, 0.2) is 0 Å². The first-order valence-corrected chi connectivity index (χ1v) is 9.77. The molecule has 0 spiro atoms. The Morgan fingerprint density at radius 1 is 1.00 bits per heavy atom. The third-order valence-electron chi connectivity index (χ3n) is 5.18. The summed E-state index contributed by atoms with van der Waals surface area (Å²) in [6.45, 7) is 2.08. The van der Waals surface area contributed by atoms with E-state index >= 15 is 0 Å². The van der Waals surface area contributed by atoms with E-state index < -0.39 is 11.8 Å². The second kappa shape index (κ2) is 8.44. The molecule has 0 aliphatic carbocycles. The normalized spacial score (nSPS) is 10.9. The van der Waals surface area contributed by atoms with Gasteiger partial charge < -0.3 is 9.84 Å². The molecule has 0 amide bonds. The molecular formula is C25H20FNO4. The predicted molar refractivity (Wildman–Crippen MR) is 115 cm³/mol. The van der Waals surface area contributed by atoms with Crippen LogP contribution in [0.2, 0.25) is 0 Å². The second-order valence-corrected chi connectivity index (χ2v) is 7.24. The highest BCUT2D eigenvalue weighted by atomic mass is 19.1. The maximum absolute atomic E-state index is 13.3. The third kappa shape index (κ3) is 4.19. The Bertz CT molecular complexity index is 1260. The lowest BCUT2D eigenvalue weighted by molar-refractivity contribution is -0.136. The fourth-order valence-corrected chi connectivity index (χ4v) is 3.65.